The van der Waals surface area contributed by atoms with Gasteiger partial charge in [0.25, 0.3) is 0 Å². The highest BCUT2D eigenvalue weighted by Crippen LogP contribution is 2.09. The van der Waals surface area contributed by atoms with Crippen molar-refractivity contribution in [3.63, 3.8) is 0 Å². The normalized spacial score (nSPS) is 9.90. The first kappa shape index (κ1) is 7.19. The molecule has 54 valence electrons. The zero-order chi connectivity index (χ0) is 7.56. The Morgan fingerprint density at radius 1 is 1.30 bits per heavy atom. The second kappa shape index (κ2) is 2.78. The molecule has 0 aliphatic carbocycles. The Kier molecular flexibility index (Phi) is 2.00. The molecule has 0 saturated carbocycles. The molecule has 0 radical (unpaired) electrons. The Hall–Kier alpha value is -0.920. The summed E-state index contributed by atoms with van der Waals surface area (Å²) in [5.74, 6) is -0.706. The van der Waals surface area contributed by atoms with Gasteiger partial charge < -0.3 is 0 Å². The third-order valence-corrected chi connectivity index (χ3v) is 1.39. The predicted octanol–water partition coefficient (Wildman–Crippen LogP) is 2.53. The van der Waals surface area contributed by atoms with Crippen LogP contribution < -0.4 is 0 Å². The van der Waals surface area contributed by atoms with Crippen LogP contribution in [0.15, 0.2) is 18.2 Å². The molecule has 0 unspecified atom stereocenters. The van der Waals surface area contributed by atoms with Gasteiger partial charge in [0.2, 0.25) is 0 Å². The third-order valence-electron chi connectivity index (χ3n) is 1.39. The van der Waals surface area contributed by atoms with Gasteiger partial charge in [-0.1, -0.05) is 6.92 Å². The van der Waals surface area contributed by atoms with E-state index in [0.29, 0.717) is 12.0 Å². The summed E-state index contributed by atoms with van der Waals surface area (Å²) in [5.41, 5.74) is 0.431. The molecule has 0 bridgehead atoms. The van der Waals surface area contributed by atoms with Gasteiger partial charge in [0.15, 0.2) is 0 Å². The largest absolute Gasteiger partial charge is 0.207 e. The van der Waals surface area contributed by atoms with Crippen molar-refractivity contribution in [3.05, 3.63) is 35.4 Å². The van der Waals surface area contributed by atoms with Crippen LogP contribution in [0, 0.1) is 11.6 Å². The highest BCUT2D eigenvalue weighted by molar-refractivity contribution is 5.18. The lowest BCUT2D eigenvalue weighted by molar-refractivity contribution is 0.587. The summed E-state index contributed by atoms with van der Waals surface area (Å²) >= 11 is 0. The number of aryl methyl sites for hydroxylation is 1. The lowest BCUT2D eigenvalue weighted by Crippen LogP contribution is -1.87. The van der Waals surface area contributed by atoms with Crippen LogP contribution in [0.5, 0.6) is 0 Å². The van der Waals surface area contributed by atoms with E-state index in [1.54, 1.807) is 6.92 Å². The van der Waals surface area contributed by atoms with Crippen LogP contribution >= 0.6 is 0 Å². The SMILES string of the molecule is CCc1cc(F)ccc1F. The fourth-order valence-electron chi connectivity index (χ4n) is 0.814. The monoisotopic (exact) mass is 142 g/mol. The zero-order valence-corrected chi connectivity index (χ0v) is 5.70. The molecule has 0 nitrogen and oxygen atoms in total. The van der Waals surface area contributed by atoms with Gasteiger partial charge in [-0.3, -0.25) is 0 Å². The number of hydrogen-bond acceptors (Lipinski definition) is 0. The van der Waals surface area contributed by atoms with Crippen molar-refractivity contribution in [1.29, 1.82) is 0 Å². The molecule has 1 aromatic carbocycles. The molecular formula is C8H8F2. The topological polar surface area (TPSA) is 0 Å². The summed E-state index contributed by atoms with van der Waals surface area (Å²) in [7, 11) is 0. The van der Waals surface area contributed by atoms with Crippen molar-refractivity contribution in [1.82, 2.24) is 0 Å². The standard InChI is InChI=1S/C8H8F2/c1-2-6-5-7(9)3-4-8(6)10/h3-5H,2H2,1H3. The van der Waals surface area contributed by atoms with Crippen LogP contribution in [0.1, 0.15) is 12.5 Å². The highest BCUT2D eigenvalue weighted by Gasteiger charge is 1.99. The smallest absolute Gasteiger partial charge is 0.126 e. The van der Waals surface area contributed by atoms with Crippen LogP contribution in [0.2, 0.25) is 0 Å². The first-order chi connectivity index (χ1) is 4.74. The fourth-order valence-corrected chi connectivity index (χ4v) is 0.814. The summed E-state index contributed by atoms with van der Waals surface area (Å²) in [6, 6.07) is 3.48. The quantitative estimate of drug-likeness (QED) is 0.565. The maximum atomic E-state index is 12.6. The summed E-state index contributed by atoms with van der Waals surface area (Å²) in [6.45, 7) is 1.79. The van der Waals surface area contributed by atoms with Gasteiger partial charge in [0.05, 0.1) is 0 Å². The molecule has 0 saturated heterocycles. The first-order valence-electron chi connectivity index (χ1n) is 3.18. The molecular weight excluding hydrogens is 134 g/mol. The molecule has 0 N–H and O–H groups in total. The summed E-state index contributed by atoms with van der Waals surface area (Å²) < 4.78 is 25.0. The number of halogens is 2. The Balaban J connectivity index is 3.09. The number of hydrogen-bond donors (Lipinski definition) is 0. The lowest BCUT2D eigenvalue weighted by atomic mass is 10.1. The van der Waals surface area contributed by atoms with E-state index >= 15 is 0 Å². The maximum absolute atomic E-state index is 12.6. The van der Waals surface area contributed by atoms with Crippen molar-refractivity contribution < 1.29 is 8.78 Å². The molecule has 10 heavy (non-hydrogen) atoms. The Morgan fingerprint density at radius 3 is 2.50 bits per heavy atom. The third kappa shape index (κ3) is 1.32. The van der Waals surface area contributed by atoms with Crippen molar-refractivity contribution in [2.45, 2.75) is 13.3 Å². The van der Waals surface area contributed by atoms with E-state index in [1.807, 2.05) is 0 Å². The van der Waals surface area contributed by atoms with Gasteiger partial charge in [-0.05, 0) is 30.2 Å². The van der Waals surface area contributed by atoms with Crippen LogP contribution in [0.3, 0.4) is 0 Å². The van der Waals surface area contributed by atoms with Gasteiger partial charge >= 0.3 is 0 Å². The highest BCUT2D eigenvalue weighted by atomic mass is 19.1. The van der Waals surface area contributed by atoms with Gasteiger partial charge in [0, 0.05) is 0 Å². The fraction of sp³-hybridized carbons (Fsp3) is 0.250. The van der Waals surface area contributed by atoms with Gasteiger partial charge in [-0.2, -0.15) is 0 Å². The van der Waals surface area contributed by atoms with Crippen molar-refractivity contribution in [2.75, 3.05) is 0 Å². The average molecular weight is 142 g/mol. The first-order valence-corrected chi connectivity index (χ1v) is 3.18. The lowest BCUT2D eigenvalue weighted by Gasteiger charge is -1.96. The molecule has 0 aliphatic heterocycles. The molecule has 0 atom stereocenters. The Morgan fingerprint density at radius 2 is 2.00 bits per heavy atom. The molecule has 0 spiro atoms. The van der Waals surface area contributed by atoms with Crippen LogP contribution in [-0.2, 0) is 6.42 Å². The second-order valence-corrected chi connectivity index (χ2v) is 2.09. The van der Waals surface area contributed by atoms with Gasteiger partial charge in [-0.15, -0.1) is 0 Å². The van der Waals surface area contributed by atoms with Crippen molar-refractivity contribution in [2.24, 2.45) is 0 Å². The second-order valence-electron chi connectivity index (χ2n) is 2.09. The predicted molar refractivity (Wildman–Crippen MR) is 35.7 cm³/mol. The molecule has 2 heteroatoms. The van der Waals surface area contributed by atoms with Crippen molar-refractivity contribution in [3.8, 4) is 0 Å². The Bertz CT molecular complexity index is 231. The molecule has 0 heterocycles. The summed E-state index contributed by atoms with van der Waals surface area (Å²) in [6.07, 6.45) is 0.531. The van der Waals surface area contributed by atoms with Crippen LogP contribution in [-0.4, -0.2) is 0 Å². The van der Waals surface area contributed by atoms with E-state index in [2.05, 4.69) is 0 Å². The zero-order valence-electron chi connectivity index (χ0n) is 5.70. The molecule has 0 aliphatic rings. The minimum atomic E-state index is -0.377. The number of rotatable bonds is 1. The van der Waals surface area contributed by atoms with Gasteiger partial charge in [0.1, 0.15) is 11.6 Å². The summed E-state index contributed by atoms with van der Waals surface area (Å²) in [4.78, 5) is 0. The van der Waals surface area contributed by atoms with Crippen molar-refractivity contribution >= 4 is 0 Å². The Labute approximate surface area is 58.5 Å². The molecule has 1 aromatic rings. The molecule has 0 amide bonds. The summed E-state index contributed by atoms with van der Waals surface area (Å²) in [5, 5.41) is 0. The molecule has 1 rings (SSSR count). The molecule has 0 aromatic heterocycles. The van der Waals surface area contributed by atoms with E-state index in [4.69, 9.17) is 0 Å². The average Bonchev–Trinajstić information content (AvgIpc) is 1.94. The number of benzene rings is 1. The minimum absolute atomic E-state index is 0.330. The maximum Gasteiger partial charge on any atom is 0.126 e. The van der Waals surface area contributed by atoms with E-state index < -0.39 is 0 Å². The van der Waals surface area contributed by atoms with Crippen LogP contribution in [0.25, 0.3) is 0 Å². The van der Waals surface area contributed by atoms with Crippen LogP contribution in [0.4, 0.5) is 8.78 Å². The minimum Gasteiger partial charge on any atom is -0.207 e. The van der Waals surface area contributed by atoms with E-state index in [-0.39, 0.29) is 11.6 Å². The van der Waals surface area contributed by atoms with Gasteiger partial charge in [-0.25, -0.2) is 8.78 Å². The van der Waals surface area contributed by atoms with E-state index in [9.17, 15) is 8.78 Å². The molecule has 0 fully saturated rings. The van der Waals surface area contributed by atoms with E-state index in [1.165, 1.54) is 6.07 Å². The van der Waals surface area contributed by atoms with E-state index in [0.717, 1.165) is 12.1 Å².